The van der Waals surface area contributed by atoms with Gasteiger partial charge in [0.15, 0.2) is 5.82 Å². The van der Waals surface area contributed by atoms with Crippen LogP contribution in [0.4, 0.5) is 0 Å². The maximum atomic E-state index is 9.79. The number of aryl methyl sites for hydroxylation is 1. The van der Waals surface area contributed by atoms with E-state index in [4.69, 9.17) is 0 Å². The lowest BCUT2D eigenvalue weighted by Crippen LogP contribution is -2.21. The molecule has 1 heterocycles. The van der Waals surface area contributed by atoms with Gasteiger partial charge in [0.2, 0.25) is 0 Å². The summed E-state index contributed by atoms with van der Waals surface area (Å²) in [6.45, 7) is 4.16. The van der Waals surface area contributed by atoms with E-state index in [1.807, 2.05) is 6.92 Å². The molecule has 0 radical (unpaired) electrons. The van der Waals surface area contributed by atoms with Crippen molar-refractivity contribution in [1.82, 2.24) is 20.2 Å². The fraction of sp³-hybridized carbons (Fsp3) is 0.889. The molecule has 80 valence electrons. The predicted molar refractivity (Wildman–Crippen MR) is 52.6 cm³/mol. The van der Waals surface area contributed by atoms with Crippen LogP contribution in [0.5, 0.6) is 0 Å². The number of hydrogen-bond donors (Lipinski definition) is 1. The van der Waals surface area contributed by atoms with E-state index in [1.54, 1.807) is 7.05 Å². The topological polar surface area (TPSA) is 63.8 Å². The highest BCUT2D eigenvalue weighted by Gasteiger charge is 2.16. The standard InChI is InChI=1S/C9H18N4O/c1-4-5-7(2)8(14)6-9-10-12-13(3)11-9/h7-8,14H,4-6H2,1-3H3. The van der Waals surface area contributed by atoms with Crippen LogP contribution in [0.3, 0.4) is 0 Å². The fourth-order valence-electron chi connectivity index (χ4n) is 1.44. The van der Waals surface area contributed by atoms with Crippen molar-refractivity contribution >= 4 is 0 Å². The molecular formula is C9H18N4O. The lowest BCUT2D eigenvalue weighted by Gasteiger charge is -2.15. The predicted octanol–water partition coefficient (Wildman–Crippen LogP) is 0.550. The minimum atomic E-state index is -0.362. The second kappa shape index (κ2) is 5.05. The zero-order valence-corrected chi connectivity index (χ0v) is 9.01. The average molecular weight is 198 g/mol. The van der Waals surface area contributed by atoms with Crippen molar-refractivity contribution in [2.24, 2.45) is 13.0 Å². The first-order valence-electron chi connectivity index (χ1n) is 5.04. The van der Waals surface area contributed by atoms with Crippen LogP contribution < -0.4 is 0 Å². The molecular weight excluding hydrogens is 180 g/mol. The molecule has 1 aromatic heterocycles. The Balaban J connectivity index is 2.43. The summed E-state index contributed by atoms with van der Waals surface area (Å²) in [4.78, 5) is 1.41. The molecule has 0 aliphatic carbocycles. The lowest BCUT2D eigenvalue weighted by molar-refractivity contribution is 0.109. The van der Waals surface area contributed by atoms with Crippen molar-refractivity contribution in [3.63, 3.8) is 0 Å². The SMILES string of the molecule is CCCC(C)C(O)Cc1nnn(C)n1. The van der Waals surface area contributed by atoms with Crippen LogP contribution >= 0.6 is 0 Å². The monoisotopic (exact) mass is 198 g/mol. The minimum absolute atomic E-state index is 0.295. The van der Waals surface area contributed by atoms with Gasteiger partial charge in [0.1, 0.15) is 0 Å². The fourth-order valence-corrected chi connectivity index (χ4v) is 1.44. The van der Waals surface area contributed by atoms with Crippen molar-refractivity contribution < 1.29 is 5.11 Å². The van der Waals surface area contributed by atoms with E-state index in [2.05, 4.69) is 22.3 Å². The summed E-state index contributed by atoms with van der Waals surface area (Å²) in [5.74, 6) is 0.909. The Morgan fingerprint density at radius 1 is 1.50 bits per heavy atom. The third kappa shape index (κ3) is 3.06. The lowest BCUT2D eigenvalue weighted by atomic mass is 9.97. The molecule has 0 aliphatic heterocycles. The van der Waals surface area contributed by atoms with Gasteiger partial charge in [-0.3, -0.25) is 0 Å². The van der Waals surface area contributed by atoms with Gasteiger partial charge >= 0.3 is 0 Å². The maximum absolute atomic E-state index is 9.79. The average Bonchev–Trinajstić information content (AvgIpc) is 2.51. The van der Waals surface area contributed by atoms with Gasteiger partial charge in [-0.25, -0.2) is 0 Å². The smallest absolute Gasteiger partial charge is 0.177 e. The number of nitrogens with zero attached hydrogens (tertiary/aromatic N) is 4. The normalized spacial score (nSPS) is 15.4. The summed E-state index contributed by atoms with van der Waals surface area (Å²) >= 11 is 0. The Morgan fingerprint density at radius 2 is 2.21 bits per heavy atom. The van der Waals surface area contributed by atoms with Crippen LogP contribution in [-0.2, 0) is 13.5 Å². The maximum Gasteiger partial charge on any atom is 0.177 e. The molecule has 0 amide bonds. The van der Waals surface area contributed by atoms with E-state index < -0.39 is 0 Å². The first-order chi connectivity index (χ1) is 6.63. The van der Waals surface area contributed by atoms with Gasteiger partial charge in [-0.1, -0.05) is 20.3 Å². The number of rotatable bonds is 5. The van der Waals surface area contributed by atoms with Gasteiger partial charge in [0, 0.05) is 6.42 Å². The largest absolute Gasteiger partial charge is 0.392 e. The van der Waals surface area contributed by atoms with Gasteiger partial charge in [0.05, 0.1) is 13.2 Å². The van der Waals surface area contributed by atoms with E-state index in [0.717, 1.165) is 12.8 Å². The van der Waals surface area contributed by atoms with Crippen LogP contribution in [0.1, 0.15) is 32.5 Å². The summed E-state index contributed by atoms with van der Waals surface area (Å²) in [5.41, 5.74) is 0. The molecule has 0 saturated carbocycles. The van der Waals surface area contributed by atoms with Crippen LogP contribution in [0.2, 0.25) is 0 Å². The molecule has 0 spiro atoms. The van der Waals surface area contributed by atoms with Gasteiger partial charge in [-0.15, -0.1) is 10.2 Å². The number of aliphatic hydroxyl groups is 1. The van der Waals surface area contributed by atoms with E-state index in [0.29, 0.717) is 18.2 Å². The molecule has 5 nitrogen and oxygen atoms in total. The van der Waals surface area contributed by atoms with Crippen molar-refractivity contribution in [3.8, 4) is 0 Å². The van der Waals surface area contributed by atoms with E-state index >= 15 is 0 Å². The Bertz CT molecular complexity index is 274. The summed E-state index contributed by atoms with van der Waals surface area (Å²) in [6, 6.07) is 0. The van der Waals surface area contributed by atoms with Crippen LogP contribution in [0, 0.1) is 5.92 Å². The Labute approximate surface area is 84.1 Å². The molecule has 2 atom stereocenters. The highest BCUT2D eigenvalue weighted by atomic mass is 16.3. The molecule has 0 fully saturated rings. The second-order valence-electron chi connectivity index (χ2n) is 3.73. The first kappa shape index (κ1) is 11.1. The molecule has 14 heavy (non-hydrogen) atoms. The molecule has 1 aromatic rings. The van der Waals surface area contributed by atoms with Crippen molar-refractivity contribution in [2.45, 2.75) is 39.2 Å². The molecule has 5 heteroatoms. The molecule has 0 saturated heterocycles. The van der Waals surface area contributed by atoms with E-state index in [9.17, 15) is 5.11 Å². The zero-order chi connectivity index (χ0) is 10.6. The molecule has 1 N–H and O–H groups in total. The molecule has 0 bridgehead atoms. The highest BCUT2D eigenvalue weighted by molar-refractivity contribution is 4.82. The Morgan fingerprint density at radius 3 is 2.71 bits per heavy atom. The van der Waals surface area contributed by atoms with Gasteiger partial charge in [-0.05, 0) is 17.6 Å². The Hall–Kier alpha value is -0.970. The molecule has 0 aliphatic rings. The summed E-state index contributed by atoms with van der Waals surface area (Å²) in [5, 5.41) is 21.4. The summed E-state index contributed by atoms with van der Waals surface area (Å²) in [6.07, 6.45) is 2.25. The number of aliphatic hydroxyl groups excluding tert-OH is 1. The van der Waals surface area contributed by atoms with Crippen LogP contribution in [0.25, 0.3) is 0 Å². The third-order valence-corrected chi connectivity index (χ3v) is 2.34. The summed E-state index contributed by atoms with van der Waals surface area (Å²) < 4.78 is 0. The van der Waals surface area contributed by atoms with Crippen molar-refractivity contribution in [2.75, 3.05) is 0 Å². The first-order valence-corrected chi connectivity index (χ1v) is 5.04. The van der Waals surface area contributed by atoms with E-state index in [-0.39, 0.29) is 6.10 Å². The van der Waals surface area contributed by atoms with Crippen molar-refractivity contribution in [3.05, 3.63) is 5.82 Å². The van der Waals surface area contributed by atoms with Crippen LogP contribution in [-0.4, -0.2) is 31.4 Å². The minimum Gasteiger partial charge on any atom is -0.392 e. The second-order valence-corrected chi connectivity index (χ2v) is 3.73. The van der Waals surface area contributed by atoms with Crippen LogP contribution in [0.15, 0.2) is 0 Å². The third-order valence-electron chi connectivity index (χ3n) is 2.34. The van der Waals surface area contributed by atoms with Crippen molar-refractivity contribution in [1.29, 1.82) is 0 Å². The summed E-state index contributed by atoms with van der Waals surface area (Å²) in [7, 11) is 1.72. The Kier molecular flexibility index (Phi) is 4.00. The highest BCUT2D eigenvalue weighted by Crippen LogP contribution is 2.12. The van der Waals surface area contributed by atoms with Gasteiger partial charge < -0.3 is 5.11 Å². The van der Waals surface area contributed by atoms with E-state index in [1.165, 1.54) is 4.80 Å². The van der Waals surface area contributed by atoms with Gasteiger partial charge in [-0.2, -0.15) is 4.80 Å². The van der Waals surface area contributed by atoms with Gasteiger partial charge in [0.25, 0.3) is 0 Å². The molecule has 2 unspecified atom stereocenters. The number of aromatic nitrogens is 4. The molecule has 0 aromatic carbocycles. The molecule has 1 rings (SSSR count). The number of tetrazole rings is 1. The number of hydrogen-bond acceptors (Lipinski definition) is 4. The quantitative estimate of drug-likeness (QED) is 0.750. The zero-order valence-electron chi connectivity index (χ0n) is 9.01.